The minimum absolute atomic E-state index is 0.229. The molecule has 1 nitrogen and oxygen atoms in total. The molecule has 1 aromatic rings. The lowest BCUT2D eigenvalue weighted by Crippen LogP contribution is -2.25. The molecular weight excluding hydrogens is 242 g/mol. The van der Waals surface area contributed by atoms with Gasteiger partial charge < -0.3 is 5.32 Å². The predicted octanol–water partition coefficient (Wildman–Crippen LogP) is 5.32. The third-order valence-corrected chi connectivity index (χ3v) is 4.60. The molecule has 0 aromatic heterocycles. The van der Waals surface area contributed by atoms with Crippen LogP contribution in [0.2, 0.25) is 0 Å². The summed E-state index contributed by atoms with van der Waals surface area (Å²) in [6.45, 7) is 16.1. The summed E-state index contributed by atoms with van der Waals surface area (Å²) in [7, 11) is 2.07. The van der Waals surface area contributed by atoms with Crippen LogP contribution in [0.1, 0.15) is 72.1 Å². The van der Waals surface area contributed by atoms with Gasteiger partial charge in [-0.3, -0.25) is 0 Å². The normalized spacial score (nSPS) is 16.0. The highest BCUT2D eigenvalue weighted by Gasteiger charge is 2.24. The Morgan fingerprint density at radius 3 is 1.80 bits per heavy atom. The molecule has 0 saturated heterocycles. The van der Waals surface area contributed by atoms with Gasteiger partial charge in [-0.25, -0.2) is 0 Å². The molecule has 0 aliphatic carbocycles. The molecule has 114 valence electrons. The molecule has 0 aliphatic heterocycles. The van der Waals surface area contributed by atoms with Gasteiger partial charge in [0.15, 0.2) is 0 Å². The highest BCUT2D eigenvalue weighted by molar-refractivity contribution is 5.29. The highest BCUT2D eigenvalue weighted by Crippen LogP contribution is 2.33. The van der Waals surface area contributed by atoms with Crippen molar-refractivity contribution in [3.8, 4) is 0 Å². The first-order valence-electron chi connectivity index (χ1n) is 7.83. The number of nitrogens with one attached hydrogen (secondary N) is 1. The molecule has 0 spiro atoms. The van der Waals surface area contributed by atoms with E-state index in [1.807, 2.05) is 0 Å². The molecule has 1 rings (SSSR count). The smallest absolute Gasteiger partial charge is 0.0320 e. The van der Waals surface area contributed by atoms with Gasteiger partial charge in [0, 0.05) is 6.04 Å². The number of hydrogen-bond donors (Lipinski definition) is 1. The molecule has 2 unspecified atom stereocenters. The van der Waals surface area contributed by atoms with E-state index in [1.54, 1.807) is 0 Å². The van der Waals surface area contributed by atoms with Gasteiger partial charge in [-0.1, -0.05) is 72.7 Å². The average Bonchev–Trinajstić information content (AvgIpc) is 2.33. The van der Waals surface area contributed by atoms with Gasteiger partial charge in [0.05, 0.1) is 0 Å². The molecule has 1 N–H and O–H groups in total. The van der Waals surface area contributed by atoms with Crippen molar-refractivity contribution in [3.05, 3.63) is 35.4 Å². The van der Waals surface area contributed by atoms with Crippen molar-refractivity contribution in [1.82, 2.24) is 5.32 Å². The molecule has 1 heteroatoms. The quantitative estimate of drug-likeness (QED) is 0.784. The third kappa shape index (κ3) is 4.63. The van der Waals surface area contributed by atoms with Gasteiger partial charge in [0.2, 0.25) is 0 Å². The fraction of sp³-hybridized carbons (Fsp3) is 0.684. The van der Waals surface area contributed by atoms with Gasteiger partial charge in [-0.15, -0.1) is 0 Å². The molecule has 20 heavy (non-hydrogen) atoms. The fourth-order valence-electron chi connectivity index (χ4n) is 2.34. The van der Waals surface area contributed by atoms with Crippen molar-refractivity contribution in [2.75, 3.05) is 7.05 Å². The fourth-order valence-corrected chi connectivity index (χ4v) is 2.34. The van der Waals surface area contributed by atoms with E-state index < -0.39 is 0 Å². The molecule has 0 amide bonds. The van der Waals surface area contributed by atoms with Crippen molar-refractivity contribution < 1.29 is 0 Å². The SMILES string of the molecule is CNC(CC(C)C(C)(C)C)c1ccc(C(C)(C)C)cc1. The molecule has 0 saturated carbocycles. The minimum Gasteiger partial charge on any atom is -0.313 e. The summed E-state index contributed by atoms with van der Waals surface area (Å²) in [5.74, 6) is 0.683. The lowest BCUT2D eigenvalue weighted by Gasteiger charge is -2.31. The van der Waals surface area contributed by atoms with Crippen molar-refractivity contribution in [2.24, 2.45) is 11.3 Å². The Morgan fingerprint density at radius 2 is 1.45 bits per heavy atom. The summed E-state index contributed by atoms with van der Waals surface area (Å²) in [4.78, 5) is 0. The molecule has 0 fully saturated rings. The lowest BCUT2D eigenvalue weighted by molar-refractivity contribution is 0.226. The van der Waals surface area contributed by atoms with Crippen LogP contribution in [0.25, 0.3) is 0 Å². The lowest BCUT2D eigenvalue weighted by atomic mass is 9.77. The van der Waals surface area contributed by atoms with E-state index >= 15 is 0 Å². The second-order valence-corrected chi connectivity index (χ2v) is 8.22. The number of hydrogen-bond acceptors (Lipinski definition) is 1. The van der Waals surface area contributed by atoms with Crippen LogP contribution in [0.5, 0.6) is 0 Å². The Labute approximate surface area is 126 Å². The molecule has 0 heterocycles. The van der Waals surface area contributed by atoms with E-state index in [0.29, 0.717) is 17.4 Å². The third-order valence-electron chi connectivity index (χ3n) is 4.60. The first-order chi connectivity index (χ1) is 9.05. The van der Waals surface area contributed by atoms with Crippen LogP contribution in [0.3, 0.4) is 0 Å². The van der Waals surface area contributed by atoms with Crippen LogP contribution in [0.15, 0.2) is 24.3 Å². The maximum atomic E-state index is 3.48. The van der Waals surface area contributed by atoms with E-state index in [2.05, 4.69) is 85.1 Å². The molecule has 0 radical (unpaired) electrons. The van der Waals surface area contributed by atoms with E-state index in [-0.39, 0.29) is 5.41 Å². The standard InChI is InChI=1S/C19H33N/c1-14(18(2,3)4)13-17(20-8)15-9-11-16(12-10-15)19(5,6)7/h9-12,14,17,20H,13H2,1-8H3. The first-order valence-corrected chi connectivity index (χ1v) is 7.83. The summed E-state index contributed by atoms with van der Waals surface area (Å²) in [6, 6.07) is 9.58. The van der Waals surface area contributed by atoms with E-state index in [4.69, 9.17) is 0 Å². The Morgan fingerprint density at radius 1 is 0.950 bits per heavy atom. The Balaban J connectivity index is 2.86. The van der Waals surface area contributed by atoms with Crippen LogP contribution in [0, 0.1) is 11.3 Å². The summed E-state index contributed by atoms with van der Waals surface area (Å²) in [5.41, 5.74) is 3.39. The van der Waals surface area contributed by atoms with Crippen LogP contribution in [0.4, 0.5) is 0 Å². The summed E-state index contributed by atoms with van der Waals surface area (Å²) in [5, 5.41) is 3.48. The number of rotatable bonds is 4. The van der Waals surface area contributed by atoms with Crippen LogP contribution >= 0.6 is 0 Å². The topological polar surface area (TPSA) is 12.0 Å². The largest absolute Gasteiger partial charge is 0.313 e. The van der Waals surface area contributed by atoms with Crippen molar-refractivity contribution in [2.45, 2.75) is 66.3 Å². The van der Waals surface area contributed by atoms with E-state index in [1.165, 1.54) is 17.5 Å². The summed E-state index contributed by atoms with van der Waals surface area (Å²) in [6.07, 6.45) is 1.18. The van der Waals surface area contributed by atoms with Crippen LogP contribution in [-0.2, 0) is 5.41 Å². The summed E-state index contributed by atoms with van der Waals surface area (Å²) < 4.78 is 0. The second-order valence-electron chi connectivity index (χ2n) is 8.22. The molecule has 0 aliphatic rings. The van der Waals surface area contributed by atoms with Crippen LogP contribution < -0.4 is 5.32 Å². The van der Waals surface area contributed by atoms with Gasteiger partial charge in [-0.2, -0.15) is 0 Å². The van der Waals surface area contributed by atoms with Crippen molar-refractivity contribution in [3.63, 3.8) is 0 Å². The monoisotopic (exact) mass is 275 g/mol. The van der Waals surface area contributed by atoms with Crippen molar-refractivity contribution in [1.29, 1.82) is 0 Å². The Kier molecular flexibility index (Phi) is 5.43. The second kappa shape index (κ2) is 6.30. The van der Waals surface area contributed by atoms with Gasteiger partial charge in [-0.05, 0) is 41.3 Å². The zero-order chi connectivity index (χ0) is 15.6. The zero-order valence-electron chi connectivity index (χ0n) is 14.7. The van der Waals surface area contributed by atoms with Gasteiger partial charge in [0.1, 0.15) is 0 Å². The van der Waals surface area contributed by atoms with E-state index in [0.717, 1.165) is 0 Å². The zero-order valence-corrected chi connectivity index (χ0v) is 14.7. The van der Waals surface area contributed by atoms with Crippen molar-refractivity contribution >= 4 is 0 Å². The average molecular weight is 275 g/mol. The van der Waals surface area contributed by atoms with Gasteiger partial charge >= 0.3 is 0 Å². The predicted molar refractivity (Wildman–Crippen MR) is 90.2 cm³/mol. The molecule has 2 atom stereocenters. The van der Waals surface area contributed by atoms with Gasteiger partial charge in [0.25, 0.3) is 0 Å². The Bertz CT molecular complexity index is 403. The molecule has 0 bridgehead atoms. The molecular formula is C19H33N. The minimum atomic E-state index is 0.229. The first kappa shape index (κ1) is 17.2. The van der Waals surface area contributed by atoms with E-state index in [9.17, 15) is 0 Å². The maximum absolute atomic E-state index is 3.48. The Hall–Kier alpha value is -0.820. The highest BCUT2D eigenvalue weighted by atomic mass is 14.9. The van der Waals surface area contributed by atoms with Crippen LogP contribution in [-0.4, -0.2) is 7.05 Å². The maximum Gasteiger partial charge on any atom is 0.0320 e. The summed E-state index contributed by atoms with van der Waals surface area (Å²) >= 11 is 0. The number of benzene rings is 1. The molecule has 1 aromatic carbocycles.